The summed E-state index contributed by atoms with van der Waals surface area (Å²) in [4.78, 5) is 11.8. The van der Waals surface area contributed by atoms with E-state index in [4.69, 9.17) is 14.2 Å². The molecular formula is C14H18O4. The van der Waals surface area contributed by atoms with Gasteiger partial charge in [-0.15, -0.1) is 0 Å². The van der Waals surface area contributed by atoms with Gasteiger partial charge in [-0.2, -0.15) is 0 Å². The third-order valence-electron chi connectivity index (χ3n) is 3.28. The lowest BCUT2D eigenvalue weighted by Crippen LogP contribution is -2.31. The molecule has 2 rings (SSSR count). The maximum Gasteiger partial charge on any atom is 0.313 e. The van der Waals surface area contributed by atoms with Crippen molar-refractivity contribution in [2.45, 2.75) is 12.3 Å². The number of rotatable bonds is 5. The maximum atomic E-state index is 11.8. The number of hydrogen-bond acceptors (Lipinski definition) is 4. The minimum atomic E-state index is -0.213. The van der Waals surface area contributed by atoms with E-state index in [9.17, 15) is 4.79 Å². The molecule has 0 bridgehead atoms. The van der Waals surface area contributed by atoms with Gasteiger partial charge in [0.25, 0.3) is 0 Å². The molecule has 1 fully saturated rings. The summed E-state index contributed by atoms with van der Waals surface area (Å²) in [5, 5.41) is 0. The molecule has 4 nitrogen and oxygen atoms in total. The molecule has 18 heavy (non-hydrogen) atoms. The number of carbonyl (C=O) groups is 1. The molecule has 1 heterocycles. The van der Waals surface area contributed by atoms with Crippen LogP contribution in [0.15, 0.2) is 24.3 Å². The van der Waals surface area contributed by atoms with Crippen LogP contribution in [0.5, 0.6) is 5.75 Å². The van der Waals surface area contributed by atoms with E-state index >= 15 is 0 Å². The van der Waals surface area contributed by atoms with Crippen molar-refractivity contribution in [3.8, 4) is 5.75 Å². The molecule has 0 radical (unpaired) electrons. The van der Waals surface area contributed by atoms with Crippen molar-refractivity contribution in [2.24, 2.45) is 5.92 Å². The highest BCUT2D eigenvalue weighted by Gasteiger charge is 2.29. The number of hydrogen-bond donors (Lipinski definition) is 0. The van der Waals surface area contributed by atoms with Crippen LogP contribution in [-0.2, 0) is 14.3 Å². The minimum Gasteiger partial charge on any atom is -0.497 e. The molecule has 0 spiro atoms. The van der Waals surface area contributed by atoms with E-state index in [1.807, 2.05) is 24.3 Å². The van der Waals surface area contributed by atoms with Crippen molar-refractivity contribution < 1.29 is 19.0 Å². The van der Waals surface area contributed by atoms with Gasteiger partial charge >= 0.3 is 5.97 Å². The molecule has 1 aliphatic heterocycles. The van der Waals surface area contributed by atoms with Crippen LogP contribution in [0.2, 0.25) is 0 Å². The summed E-state index contributed by atoms with van der Waals surface area (Å²) < 4.78 is 15.1. The van der Waals surface area contributed by atoms with Crippen molar-refractivity contribution in [3.63, 3.8) is 0 Å². The van der Waals surface area contributed by atoms with Crippen LogP contribution in [0.25, 0.3) is 0 Å². The second-order valence-electron chi connectivity index (χ2n) is 4.49. The zero-order chi connectivity index (χ0) is 13.0. The molecule has 1 aromatic carbocycles. The Morgan fingerprint density at radius 1 is 1.33 bits per heavy atom. The summed E-state index contributed by atoms with van der Waals surface area (Å²) >= 11 is 0. The number of carbonyl (C=O) groups excluding carboxylic acids is 1. The minimum absolute atomic E-state index is 0.188. The summed E-state index contributed by atoms with van der Waals surface area (Å²) in [6.07, 6.45) is 0.777. The fourth-order valence-corrected chi connectivity index (χ4v) is 2.10. The van der Waals surface area contributed by atoms with Crippen LogP contribution in [0, 0.1) is 5.92 Å². The Balaban J connectivity index is 2.12. The summed E-state index contributed by atoms with van der Waals surface area (Å²) in [7, 11) is 3.05. The second-order valence-corrected chi connectivity index (χ2v) is 4.49. The van der Waals surface area contributed by atoms with Crippen LogP contribution in [0.4, 0.5) is 0 Å². The number of ether oxygens (including phenoxy) is 3. The van der Waals surface area contributed by atoms with Gasteiger partial charge in [-0.25, -0.2) is 0 Å². The number of methoxy groups -OCH3 is 2. The molecule has 1 saturated heterocycles. The Kier molecular flexibility index (Phi) is 4.20. The average molecular weight is 250 g/mol. The maximum absolute atomic E-state index is 11.8. The van der Waals surface area contributed by atoms with E-state index in [2.05, 4.69) is 0 Å². The molecule has 0 N–H and O–H groups in total. The Hall–Kier alpha value is -1.55. The number of esters is 1. The summed E-state index contributed by atoms with van der Waals surface area (Å²) in [5.74, 6) is 0.840. The smallest absolute Gasteiger partial charge is 0.313 e. The molecule has 98 valence electrons. The van der Waals surface area contributed by atoms with Crippen molar-refractivity contribution in [1.29, 1.82) is 0 Å². The highest BCUT2D eigenvalue weighted by Crippen LogP contribution is 2.29. The van der Waals surface area contributed by atoms with Gasteiger partial charge in [-0.1, -0.05) is 12.1 Å². The normalized spacial score (nSPS) is 16.8. The lowest BCUT2D eigenvalue weighted by atomic mass is 9.88. The Bertz CT molecular complexity index is 395. The second kappa shape index (κ2) is 5.87. The van der Waals surface area contributed by atoms with Gasteiger partial charge in [0.2, 0.25) is 0 Å². The van der Waals surface area contributed by atoms with Gasteiger partial charge < -0.3 is 14.2 Å². The molecule has 0 aliphatic carbocycles. The van der Waals surface area contributed by atoms with Gasteiger partial charge in [0.05, 0.1) is 33.4 Å². The van der Waals surface area contributed by atoms with Crippen LogP contribution in [0.1, 0.15) is 17.9 Å². The molecule has 0 saturated carbocycles. The van der Waals surface area contributed by atoms with Gasteiger partial charge in [-0.05, 0) is 24.1 Å². The first kappa shape index (κ1) is 12.9. The first-order valence-electron chi connectivity index (χ1n) is 6.04. The van der Waals surface area contributed by atoms with Crippen LogP contribution in [0.3, 0.4) is 0 Å². The topological polar surface area (TPSA) is 44.8 Å². The molecule has 1 aliphatic rings. The summed E-state index contributed by atoms with van der Waals surface area (Å²) in [5.41, 5.74) is 0.967. The van der Waals surface area contributed by atoms with Crippen molar-refractivity contribution in [1.82, 2.24) is 0 Å². The van der Waals surface area contributed by atoms with E-state index in [1.165, 1.54) is 7.11 Å². The van der Waals surface area contributed by atoms with Crippen molar-refractivity contribution in [2.75, 3.05) is 27.4 Å². The first-order valence-corrected chi connectivity index (χ1v) is 6.04. The predicted octanol–water partition coefficient (Wildman–Crippen LogP) is 1.99. The molecule has 0 aromatic heterocycles. The lowest BCUT2D eigenvalue weighted by molar-refractivity contribution is -0.144. The molecule has 1 aromatic rings. The predicted molar refractivity (Wildman–Crippen MR) is 66.7 cm³/mol. The van der Waals surface area contributed by atoms with E-state index in [0.717, 1.165) is 30.9 Å². The summed E-state index contributed by atoms with van der Waals surface area (Å²) in [6, 6.07) is 7.56. The highest BCUT2D eigenvalue weighted by molar-refractivity contribution is 5.78. The lowest BCUT2D eigenvalue weighted by Gasteiger charge is -2.29. The van der Waals surface area contributed by atoms with Crippen molar-refractivity contribution in [3.05, 3.63) is 29.8 Å². The Labute approximate surface area is 107 Å². The SMILES string of the molecule is COC(=O)C(CC1COC1)c1ccc(OC)cc1. The largest absolute Gasteiger partial charge is 0.497 e. The standard InChI is InChI=1S/C14H18O4/c1-16-12-5-3-11(4-6-12)13(14(15)17-2)7-10-8-18-9-10/h3-6,10,13H,7-9H2,1-2H3. The van der Waals surface area contributed by atoms with Gasteiger partial charge in [0.15, 0.2) is 0 Å². The van der Waals surface area contributed by atoms with E-state index < -0.39 is 0 Å². The highest BCUT2D eigenvalue weighted by atomic mass is 16.5. The third-order valence-corrected chi connectivity index (χ3v) is 3.28. The van der Waals surface area contributed by atoms with Gasteiger partial charge in [0, 0.05) is 5.92 Å². The van der Waals surface area contributed by atoms with Crippen LogP contribution >= 0.6 is 0 Å². The zero-order valence-electron chi connectivity index (χ0n) is 10.7. The third kappa shape index (κ3) is 2.82. The molecule has 4 heteroatoms. The fraction of sp³-hybridized carbons (Fsp3) is 0.500. The number of benzene rings is 1. The van der Waals surface area contributed by atoms with E-state index in [1.54, 1.807) is 7.11 Å². The molecule has 1 atom stereocenters. The van der Waals surface area contributed by atoms with Gasteiger partial charge in [-0.3, -0.25) is 4.79 Å². The first-order chi connectivity index (χ1) is 8.74. The quantitative estimate of drug-likeness (QED) is 0.750. The molecule has 0 amide bonds. The zero-order valence-corrected chi connectivity index (χ0v) is 10.7. The Morgan fingerprint density at radius 3 is 2.44 bits per heavy atom. The van der Waals surface area contributed by atoms with Crippen LogP contribution in [-0.4, -0.2) is 33.4 Å². The monoisotopic (exact) mass is 250 g/mol. The van der Waals surface area contributed by atoms with E-state index in [0.29, 0.717) is 5.92 Å². The fourth-order valence-electron chi connectivity index (χ4n) is 2.10. The average Bonchev–Trinajstić information content (AvgIpc) is 2.37. The molecular weight excluding hydrogens is 232 g/mol. The molecule has 1 unspecified atom stereocenters. The Morgan fingerprint density at radius 2 is 2.00 bits per heavy atom. The van der Waals surface area contributed by atoms with E-state index in [-0.39, 0.29) is 11.9 Å². The van der Waals surface area contributed by atoms with Crippen molar-refractivity contribution >= 4 is 5.97 Å². The van der Waals surface area contributed by atoms with Gasteiger partial charge in [0.1, 0.15) is 5.75 Å². The van der Waals surface area contributed by atoms with Crippen LogP contribution < -0.4 is 4.74 Å². The summed E-state index contributed by atoms with van der Waals surface area (Å²) in [6.45, 7) is 1.48.